The highest BCUT2D eigenvalue weighted by Gasteiger charge is 2.30. The molecule has 0 aliphatic carbocycles. The minimum atomic E-state index is -0.804. The lowest BCUT2D eigenvalue weighted by molar-refractivity contribution is -0.145. The van der Waals surface area contributed by atoms with Gasteiger partial charge >= 0.3 is 11.9 Å². The Morgan fingerprint density at radius 2 is 2.06 bits per heavy atom. The second-order valence-electron chi connectivity index (χ2n) is 3.40. The predicted molar refractivity (Wildman–Crippen MR) is 52.9 cm³/mol. The van der Waals surface area contributed by atoms with Crippen molar-refractivity contribution in [3.8, 4) is 5.75 Å². The summed E-state index contributed by atoms with van der Waals surface area (Å²) in [6.07, 6.45) is -0.413. The summed E-state index contributed by atoms with van der Waals surface area (Å²) >= 11 is 0. The Kier molecular flexibility index (Phi) is 2.76. The van der Waals surface area contributed by atoms with Gasteiger partial charge in [0.15, 0.2) is 0 Å². The fourth-order valence-electron chi connectivity index (χ4n) is 1.38. The van der Waals surface area contributed by atoms with Crippen LogP contribution in [-0.4, -0.2) is 29.8 Å². The van der Waals surface area contributed by atoms with E-state index >= 15 is 0 Å². The van der Waals surface area contributed by atoms with Gasteiger partial charge in [-0.2, -0.15) is 0 Å². The Labute approximate surface area is 91.6 Å². The van der Waals surface area contributed by atoms with Crippen molar-refractivity contribution in [2.45, 2.75) is 12.5 Å². The summed E-state index contributed by atoms with van der Waals surface area (Å²) in [6, 6.07) is 5.61. The smallest absolute Gasteiger partial charge is 0.347 e. The van der Waals surface area contributed by atoms with Crippen molar-refractivity contribution in [1.29, 1.82) is 0 Å². The second-order valence-corrected chi connectivity index (χ2v) is 3.40. The van der Waals surface area contributed by atoms with Crippen LogP contribution in [0.25, 0.3) is 0 Å². The van der Waals surface area contributed by atoms with Gasteiger partial charge in [0.1, 0.15) is 5.75 Å². The number of carbonyl (C=O) groups excluding carboxylic acids is 2. The third-order valence-corrected chi connectivity index (χ3v) is 2.24. The molecule has 1 N–H and O–H groups in total. The average molecular weight is 222 g/mol. The van der Waals surface area contributed by atoms with E-state index in [4.69, 9.17) is 9.84 Å². The van der Waals surface area contributed by atoms with Crippen LogP contribution in [0.1, 0.15) is 16.8 Å². The van der Waals surface area contributed by atoms with Gasteiger partial charge in [0, 0.05) is 6.42 Å². The lowest BCUT2D eigenvalue weighted by Crippen LogP contribution is -2.22. The van der Waals surface area contributed by atoms with E-state index in [1.807, 2.05) is 0 Å². The largest absolute Gasteiger partial charge is 0.508 e. The third kappa shape index (κ3) is 2.13. The molecule has 0 aromatic heterocycles. The van der Waals surface area contributed by atoms with Crippen molar-refractivity contribution >= 4 is 11.9 Å². The van der Waals surface area contributed by atoms with Gasteiger partial charge in [-0.15, -0.1) is 0 Å². The number of hydrogen-bond donors (Lipinski definition) is 1. The van der Waals surface area contributed by atoms with Gasteiger partial charge < -0.3 is 14.6 Å². The highest BCUT2D eigenvalue weighted by atomic mass is 16.6. The van der Waals surface area contributed by atoms with Crippen molar-refractivity contribution < 1.29 is 24.2 Å². The molecule has 1 unspecified atom stereocenters. The molecule has 1 fully saturated rings. The molecule has 1 heterocycles. The van der Waals surface area contributed by atoms with Crippen LogP contribution in [0.4, 0.5) is 0 Å². The van der Waals surface area contributed by atoms with Crippen LogP contribution in [0.3, 0.4) is 0 Å². The first-order chi connectivity index (χ1) is 7.66. The zero-order valence-electron chi connectivity index (χ0n) is 8.38. The fourth-order valence-corrected chi connectivity index (χ4v) is 1.38. The molecule has 0 saturated carbocycles. The number of phenols is 1. The maximum atomic E-state index is 11.5. The normalized spacial score (nSPS) is 19.2. The average Bonchev–Trinajstić information content (AvgIpc) is 2.65. The minimum absolute atomic E-state index is 0.0665. The molecule has 0 radical (unpaired) electrons. The van der Waals surface area contributed by atoms with Crippen LogP contribution < -0.4 is 0 Å². The van der Waals surface area contributed by atoms with Crippen LogP contribution in [0.15, 0.2) is 24.3 Å². The van der Waals surface area contributed by atoms with Crippen LogP contribution >= 0.6 is 0 Å². The maximum absolute atomic E-state index is 11.5. The van der Waals surface area contributed by atoms with Crippen molar-refractivity contribution in [3.63, 3.8) is 0 Å². The van der Waals surface area contributed by atoms with Crippen molar-refractivity contribution in [1.82, 2.24) is 0 Å². The number of ether oxygens (including phenoxy) is 2. The zero-order chi connectivity index (χ0) is 11.5. The maximum Gasteiger partial charge on any atom is 0.347 e. The summed E-state index contributed by atoms with van der Waals surface area (Å²) in [5.74, 6) is -1.03. The van der Waals surface area contributed by atoms with E-state index in [1.54, 1.807) is 0 Å². The summed E-state index contributed by atoms with van der Waals surface area (Å²) in [4.78, 5) is 22.6. The molecular formula is C11H10O5. The van der Waals surface area contributed by atoms with Gasteiger partial charge in [0.05, 0.1) is 12.2 Å². The van der Waals surface area contributed by atoms with E-state index in [9.17, 15) is 9.59 Å². The molecule has 0 spiro atoms. The van der Waals surface area contributed by atoms with Crippen LogP contribution in [0.2, 0.25) is 0 Å². The molecule has 2 rings (SSSR count). The molecule has 0 amide bonds. The van der Waals surface area contributed by atoms with Gasteiger partial charge in [-0.05, 0) is 24.3 Å². The summed E-state index contributed by atoms with van der Waals surface area (Å²) in [6.45, 7) is 0.284. The number of phenolic OH excluding ortho intramolecular Hbond substituents is 1. The molecule has 16 heavy (non-hydrogen) atoms. The topological polar surface area (TPSA) is 72.8 Å². The first-order valence-electron chi connectivity index (χ1n) is 4.83. The standard InChI is InChI=1S/C11H10O5/c12-8-3-1-7(2-4-8)10(13)16-9-5-6-15-11(9)14/h1-4,9,12H,5-6H2. The highest BCUT2D eigenvalue weighted by molar-refractivity contribution is 5.91. The third-order valence-electron chi connectivity index (χ3n) is 2.24. The number of carbonyl (C=O) groups is 2. The Bertz CT molecular complexity index is 409. The molecule has 84 valence electrons. The molecule has 1 aliphatic rings. The lowest BCUT2D eigenvalue weighted by Gasteiger charge is -2.07. The highest BCUT2D eigenvalue weighted by Crippen LogP contribution is 2.15. The first kappa shape index (κ1) is 10.5. The quantitative estimate of drug-likeness (QED) is 0.751. The van der Waals surface area contributed by atoms with E-state index < -0.39 is 18.0 Å². The van der Waals surface area contributed by atoms with E-state index in [0.717, 1.165) is 0 Å². The van der Waals surface area contributed by atoms with Crippen molar-refractivity contribution in [3.05, 3.63) is 29.8 Å². The summed E-state index contributed by atoms with van der Waals surface area (Å²) in [5.41, 5.74) is 0.289. The Morgan fingerprint density at radius 3 is 2.62 bits per heavy atom. The summed E-state index contributed by atoms with van der Waals surface area (Å²) < 4.78 is 9.62. The first-order valence-corrected chi connectivity index (χ1v) is 4.83. The number of rotatable bonds is 2. The molecule has 1 saturated heterocycles. The number of esters is 2. The molecule has 1 aliphatic heterocycles. The Hall–Kier alpha value is -2.04. The number of benzene rings is 1. The molecule has 0 bridgehead atoms. The fraction of sp³-hybridized carbons (Fsp3) is 0.273. The molecule has 5 heteroatoms. The summed E-state index contributed by atoms with van der Waals surface area (Å²) in [7, 11) is 0. The SMILES string of the molecule is O=C(OC1CCOC1=O)c1ccc(O)cc1. The van der Waals surface area contributed by atoms with Crippen LogP contribution in [0.5, 0.6) is 5.75 Å². The van der Waals surface area contributed by atoms with Crippen LogP contribution in [-0.2, 0) is 14.3 Å². The molecule has 1 aromatic carbocycles. The number of aromatic hydroxyl groups is 1. The van der Waals surface area contributed by atoms with Gasteiger partial charge in [-0.3, -0.25) is 0 Å². The van der Waals surface area contributed by atoms with E-state index in [-0.39, 0.29) is 17.9 Å². The Balaban J connectivity index is 2.02. The monoisotopic (exact) mass is 222 g/mol. The zero-order valence-corrected chi connectivity index (χ0v) is 8.38. The summed E-state index contributed by atoms with van der Waals surface area (Å²) in [5, 5.41) is 9.04. The number of cyclic esters (lactones) is 1. The Morgan fingerprint density at radius 1 is 1.38 bits per heavy atom. The van der Waals surface area contributed by atoms with Crippen molar-refractivity contribution in [2.24, 2.45) is 0 Å². The van der Waals surface area contributed by atoms with Gasteiger partial charge in [-0.25, -0.2) is 9.59 Å². The second kappa shape index (κ2) is 4.22. The van der Waals surface area contributed by atoms with Crippen molar-refractivity contribution in [2.75, 3.05) is 6.61 Å². The van der Waals surface area contributed by atoms with Gasteiger partial charge in [0.25, 0.3) is 0 Å². The van der Waals surface area contributed by atoms with E-state index in [1.165, 1.54) is 24.3 Å². The minimum Gasteiger partial charge on any atom is -0.508 e. The molecule has 5 nitrogen and oxygen atoms in total. The molecule has 1 atom stereocenters. The number of hydrogen-bond acceptors (Lipinski definition) is 5. The molecule has 1 aromatic rings. The van der Waals surface area contributed by atoms with Gasteiger partial charge in [0.2, 0.25) is 6.10 Å². The van der Waals surface area contributed by atoms with Crippen LogP contribution in [0, 0.1) is 0 Å². The van der Waals surface area contributed by atoms with E-state index in [2.05, 4.69) is 4.74 Å². The van der Waals surface area contributed by atoms with Gasteiger partial charge in [-0.1, -0.05) is 0 Å². The predicted octanol–water partition coefficient (Wildman–Crippen LogP) is 0.864. The molecular weight excluding hydrogens is 212 g/mol. The lowest BCUT2D eigenvalue weighted by atomic mass is 10.2. The van der Waals surface area contributed by atoms with E-state index in [0.29, 0.717) is 6.42 Å².